The first-order valence-corrected chi connectivity index (χ1v) is 8.55. The summed E-state index contributed by atoms with van der Waals surface area (Å²) in [6, 6.07) is 7.75. The van der Waals surface area contributed by atoms with Crippen LogP contribution in [0, 0.1) is 6.92 Å². The van der Waals surface area contributed by atoms with E-state index >= 15 is 0 Å². The molecule has 0 aliphatic carbocycles. The highest BCUT2D eigenvalue weighted by molar-refractivity contribution is 6.30. The molecular formula is C17H21ClN4O2. The molecule has 2 heterocycles. The Bertz CT molecular complexity index is 686. The quantitative estimate of drug-likeness (QED) is 0.868. The number of halogens is 1. The molecule has 3 rings (SSSR count). The normalized spacial score (nSPS) is 18.0. The monoisotopic (exact) mass is 348 g/mol. The fourth-order valence-corrected chi connectivity index (χ4v) is 3.12. The molecule has 0 unspecified atom stereocenters. The van der Waals surface area contributed by atoms with Gasteiger partial charge in [-0.1, -0.05) is 28.9 Å². The Morgan fingerprint density at radius 3 is 2.92 bits per heavy atom. The second-order valence-electron chi connectivity index (χ2n) is 6.03. The Morgan fingerprint density at radius 1 is 1.42 bits per heavy atom. The summed E-state index contributed by atoms with van der Waals surface area (Å²) in [6.07, 6.45) is 2.78. The first-order valence-electron chi connectivity index (χ1n) is 8.17. The number of aryl methyl sites for hydroxylation is 1. The second kappa shape index (κ2) is 7.77. The van der Waals surface area contributed by atoms with Gasteiger partial charge in [0.05, 0.1) is 12.6 Å². The van der Waals surface area contributed by atoms with Crippen LogP contribution in [0.4, 0.5) is 0 Å². The van der Waals surface area contributed by atoms with Gasteiger partial charge in [0.15, 0.2) is 5.82 Å². The van der Waals surface area contributed by atoms with Crippen LogP contribution in [0.2, 0.25) is 5.02 Å². The molecule has 24 heavy (non-hydrogen) atoms. The maximum atomic E-state index is 12.2. The number of nitrogens with one attached hydrogen (secondary N) is 1. The van der Waals surface area contributed by atoms with Gasteiger partial charge in [0, 0.05) is 18.5 Å². The Labute approximate surface area is 146 Å². The first kappa shape index (κ1) is 16.9. The minimum atomic E-state index is 0.0241. The molecule has 1 saturated heterocycles. The van der Waals surface area contributed by atoms with Crippen LogP contribution in [-0.4, -0.2) is 40.6 Å². The zero-order chi connectivity index (χ0) is 16.9. The lowest BCUT2D eigenvalue weighted by atomic mass is 10.1. The van der Waals surface area contributed by atoms with Crippen molar-refractivity contribution in [1.29, 1.82) is 0 Å². The van der Waals surface area contributed by atoms with Crippen LogP contribution in [0.5, 0.6) is 0 Å². The third-order valence-corrected chi connectivity index (χ3v) is 4.45. The molecule has 128 valence electrons. The lowest BCUT2D eigenvalue weighted by molar-refractivity contribution is -0.122. The topological polar surface area (TPSA) is 71.3 Å². The van der Waals surface area contributed by atoms with Crippen molar-refractivity contribution in [2.75, 3.05) is 19.6 Å². The predicted octanol–water partition coefficient (Wildman–Crippen LogP) is 2.53. The molecule has 2 aromatic rings. The summed E-state index contributed by atoms with van der Waals surface area (Å²) >= 11 is 5.86. The van der Waals surface area contributed by atoms with Crippen molar-refractivity contribution in [3.63, 3.8) is 0 Å². The maximum absolute atomic E-state index is 12.2. The molecule has 1 atom stereocenters. The fourth-order valence-electron chi connectivity index (χ4n) is 3.00. The van der Waals surface area contributed by atoms with Crippen molar-refractivity contribution >= 4 is 17.5 Å². The van der Waals surface area contributed by atoms with Gasteiger partial charge in [0.25, 0.3) is 0 Å². The predicted molar refractivity (Wildman–Crippen MR) is 90.7 cm³/mol. The standard InChI is InChI=1S/C17H21ClN4O2/c1-12-20-17(21-24-12)15-3-2-10-22(15)11-16(23)19-9-8-13-4-6-14(18)7-5-13/h4-7,15H,2-3,8-11H2,1H3,(H,19,23)/t15-/m1/s1. The molecule has 1 aromatic heterocycles. The molecule has 1 fully saturated rings. The first-order chi connectivity index (χ1) is 11.6. The summed E-state index contributed by atoms with van der Waals surface area (Å²) in [4.78, 5) is 18.6. The van der Waals surface area contributed by atoms with Crippen molar-refractivity contribution in [1.82, 2.24) is 20.4 Å². The Kier molecular flexibility index (Phi) is 5.48. The van der Waals surface area contributed by atoms with E-state index in [-0.39, 0.29) is 11.9 Å². The highest BCUT2D eigenvalue weighted by Gasteiger charge is 2.30. The van der Waals surface area contributed by atoms with Crippen LogP contribution in [0.25, 0.3) is 0 Å². The van der Waals surface area contributed by atoms with Gasteiger partial charge in [-0.3, -0.25) is 9.69 Å². The molecular weight excluding hydrogens is 328 g/mol. The van der Waals surface area contributed by atoms with E-state index < -0.39 is 0 Å². The van der Waals surface area contributed by atoms with Crippen molar-refractivity contribution in [2.45, 2.75) is 32.2 Å². The van der Waals surface area contributed by atoms with E-state index in [9.17, 15) is 4.79 Å². The largest absolute Gasteiger partial charge is 0.355 e. The van der Waals surface area contributed by atoms with Crippen molar-refractivity contribution < 1.29 is 9.32 Å². The van der Waals surface area contributed by atoms with Gasteiger partial charge in [-0.2, -0.15) is 4.98 Å². The van der Waals surface area contributed by atoms with Gasteiger partial charge < -0.3 is 9.84 Å². The van der Waals surface area contributed by atoms with E-state index in [4.69, 9.17) is 16.1 Å². The summed E-state index contributed by atoms with van der Waals surface area (Å²) in [5.74, 6) is 1.26. The summed E-state index contributed by atoms with van der Waals surface area (Å²) in [7, 11) is 0. The minimum absolute atomic E-state index is 0.0241. The van der Waals surface area contributed by atoms with Gasteiger partial charge >= 0.3 is 0 Å². The molecule has 1 amide bonds. The van der Waals surface area contributed by atoms with Crippen LogP contribution >= 0.6 is 11.6 Å². The zero-order valence-corrected chi connectivity index (χ0v) is 14.4. The van der Waals surface area contributed by atoms with Crippen LogP contribution < -0.4 is 5.32 Å². The Balaban J connectivity index is 1.46. The van der Waals surface area contributed by atoms with E-state index in [0.717, 1.165) is 36.4 Å². The van der Waals surface area contributed by atoms with Gasteiger partial charge in [-0.05, 0) is 43.5 Å². The fraction of sp³-hybridized carbons (Fsp3) is 0.471. The summed E-state index contributed by atoms with van der Waals surface area (Å²) in [5.41, 5.74) is 1.15. The van der Waals surface area contributed by atoms with E-state index in [2.05, 4.69) is 20.4 Å². The molecule has 0 spiro atoms. The third-order valence-electron chi connectivity index (χ3n) is 4.20. The number of nitrogens with zero attached hydrogens (tertiary/aromatic N) is 3. The average Bonchev–Trinajstić information content (AvgIpc) is 3.18. The number of likely N-dealkylation sites (tertiary alicyclic amines) is 1. The van der Waals surface area contributed by atoms with E-state index in [1.54, 1.807) is 6.92 Å². The lowest BCUT2D eigenvalue weighted by Crippen LogP contribution is -2.38. The van der Waals surface area contributed by atoms with Crippen LogP contribution in [-0.2, 0) is 11.2 Å². The highest BCUT2D eigenvalue weighted by atomic mass is 35.5. The number of hydrogen-bond acceptors (Lipinski definition) is 5. The van der Waals surface area contributed by atoms with Crippen molar-refractivity contribution in [3.05, 3.63) is 46.6 Å². The Hall–Kier alpha value is -1.92. The smallest absolute Gasteiger partial charge is 0.234 e. The molecule has 1 aliphatic rings. The second-order valence-corrected chi connectivity index (χ2v) is 6.46. The van der Waals surface area contributed by atoms with Gasteiger partial charge in [-0.25, -0.2) is 0 Å². The molecule has 0 bridgehead atoms. The summed E-state index contributed by atoms with van der Waals surface area (Å²) < 4.78 is 5.05. The van der Waals surface area contributed by atoms with Crippen LogP contribution in [0.1, 0.15) is 36.2 Å². The molecule has 6 nitrogen and oxygen atoms in total. The highest BCUT2D eigenvalue weighted by Crippen LogP contribution is 2.29. The van der Waals surface area contributed by atoms with Crippen LogP contribution in [0.15, 0.2) is 28.8 Å². The summed E-state index contributed by atoms with van der Waals surface area (Å²) in [5, 5.41) is 7.69. The lowest BCUT2D eigenvalue weighted by Gasteiger charge is -2.21. The molecule has 0 radical (unpaired) electrons. The average molecular weight is 349 g/mol. The van der Waals surface area contributed by atoms with E-state index in [0.29, 0.717) is 24.8 Å². The number of carbonyl (C=O) groups excluding carboxylic acids is 1. The molecule has 1 aromatic carbocycles. The molecule has 1 N–H and O–H groups in total. The van der Waals surface area contributed by atoms with Crippen molar-refractivity contribution in [3.8, 4) is 0 Å². The number of benzene rings is 1. The zero-order valence-electron chi connectivity index (χ0n) is 13.7. The molecule has 7 heteroatoms. The van der Waals surface area contributed by atoms with Gasteiger partial charge in [-0.15, -0.1) is 0 Å². The number of rotatable bonds is 6. The van der Waals surface area contributed by atoms with E-state index in [1.807, 2.05) is 24.3 Å². The number of aromatic nitrogens is 2. The molecule has 1 aliphatic heterocycles. The Morgan fingerprint density at radius 2 is 2.21 bits per heavy atom. The SMILES string of the molecule is Cc1nc([C@H]2CCCN2CC(=O)NCCc2ccc(Cl)cc2)no1. The van der Waals surface area contributed by atoms with Crippen LogP contribution in [0.3, 0.4) is 0 Å². The van der Waals surface area contributed by atoms with Crippen molar-refractivity contribution in [2.24, 2.45) is 0 Å². The summed E-state index contributed by atoms with van der Waals surface area (Å²) in [6.45, 7) is 3.63. The molecule has 0 saturated carbocycles. The maximum Gasteiger partial charge on any atom is 0.234 e. The van der Waals surface area contributed by atoms with Gasteiger partial charge in [0.2, 0.25) is 11.8 Å². The number of amides is 1. The van der Waals surface area contributed by atoms with E-state index in [1.165, 1.54) is 0 Å². The third kappa shape index (κ3) is 4.33. The minimum Gasteiger partial charge on any atom is -0.355 e. The number of carbonyl (C=O) groups is 1. The van der Waals surface area contributed by atoms with Gasteiger partial charge in [0.1, 0.15) is 0 Å². The number of hydrogen-bond donors (Lipinski definition) is 1.